The summed E-state index contributed by atoms with van der Waals surface area (Å²) < 4.78 is 16.1. The molecule has 1 heterocycles. The second-order valence-corrected chi connectivity index (χ2v) is 7.12. The maximum atomic E-state index is 12.6. The van der Waals surface area contributed by atoms with E-state index in [1.165, 1.54) is 7.11 Å². The van der Waals surface area contributed by atoms with Gasteiger partial charge in [-0.05, 0) is 48.2 Å². The van der Waals surface area contributed by atoms with Crippen LogP contribution in [0.1, 0.15) is 5.56 Å². The molecule has 0 N–H and O–H groups in total. The van der Waals surface area contributed by atoms with Gasteiger partial charge in [0.05, 0.1) is 30.7 Å². The Morgan fingerprint density at radius 2 is 1.86 bits per heavy atom. The van der Waals surface area contributed by atoms with Crippen LogP contribution in [0.5, 0.6) is 17.2 Å². The van der Waals surface area contributed by atoms with E-state index in [0.29, 0.717) is 32.7 Å². The van der Waals surface area contributed by atoms with E-state index < -0.39 is 0 Å². The second kappa shape index (κ2) is 9.03. The van der Waals surface area contributed by atoms with Crippen molar-refractivity contribution in [3.05, 3.63) is 58.0 Å². The lowest BCUT2D eigenvalue weighted by Crippen LogP contribution is -2.32. The lowest BCUT2D eigenvalue weighted by Gasteiger charge is -2.13. The van der Waals surface area contributed by atoms with Crippen molar-refractivity contribution >= 4 is 40.6 Å². The number of para-hydroxylation sites is 1. The molecule has 146 valence electrons. The van der Waals surface area contributed by atoms with Crippen molar-refractivity contribution < 1.29 is 23.8 Å². The SMILES string of the molecule is COc1ccc(OC)c(/C=C2\SC(=O)N(CCOc3ccccc3Cl)C2=O)c1. The van der Waals surface area contributed by atoms with Crippen molar-refractivity contribution in [2.75, 3.05) is 27.4 Å². The van der Waals surface area contributed by atoms with Crippen LogP contribution >= 0.6 is 23.4 Å². The van der Waals surface area contributed by atoms with Gasteiger partial charge in [-0.25, -0.2) is 0 Å². The molecule has 0 aliphatic carbocycles. The summed E-state index contributed by atoms with van der Waals surface area (Å²) in [5.41, 5.74) is 0.652. The number of carbonyl (C=O) groups is 2. The van der Waals surface area contributed by atoms with Crippen molar-refractivity contribution in [3.8, 4) is 17.2 Å². The van der Waals surface area contributed by atoms with Crippen molar-refractivity contribution in [2.24, 2.45) is 0 Å². The van der Waals surface area contributed by atoms with Crippen molar-refractivity contribution in [3.63, 3.8) is 0 Å². The van der Waals surface area contributed by atoms with E-state index in [4.69, 9.17) is 25.8 Å². The van der Waals surface area contributed by atoms with Gasteiger partial charge in [-0.2, -0.15) is 0 Å². The first kappa shape index (κ1) is 20.1. The van der Waals surface area contributed by atoms with Crippen LogP contribution in [0, 0.1) is 0 Å². The molecule has 1 aliphatic rings. The summed E-state index contributed by atoms with van der Waals surface area (Å²) in [4.78, 5) is 26.4. The van der Waals surface area contributed by atoms with E-state index in [-0.39, 0.29) is 24.3 Å². The second-order valence-electron chi connectivity index (χ2n) is 5.72. The summed E-state index contributed by atoms with van der Waals surface area (Å²) in [5.74, 6) is 1.34. The molecule has 2 aromatic rings. The average molecular weight is 420 g/mol. The Labute approximate surface area is 172 Å². The molecular weight excluding hydrogens is 402 g/mol. The van der Waals surface area contributed by atoms with E-state index in [1.54, 1.807) is 55.7 Å². The predicted molar refractivity (Wildman–Crippen MR) is 109 cm³/mol. The van der Waals surface area contributed by atoms with Crippen LogP contribution < -0.4 is 14.2 Å². The van der Waals surface area contributed by atoms with Crippen LogP contribution in [0.3, 0.4) is 0 Å². The summed E-state index contributed by atoms with van der Waals surface area (Å²) in [6, 6.07) is 12.3. The van der Waals surface area contributed by atoms with E-state index in [2.05, 4.69) is 0 Å². The van der Waals surface area contributed by atoms with E-state index >= 15 is 0 Å². The average Bonchev–Trinajstić information content (AvgIpc) is 2.96. The molecule has 2 amide bonds. The molecule has 0 unspecified atom stereocenters. The quantitative estimate of drug-likeness (QED) is 0.617. The summed E-state index contributed by atoms with van der Waals surface area (Å²) in [7, 11) is 3.09. The number of ether oxygens (including phenoxy) is 3. The summed E-state index contributed by atoms with van der Waals surface area (Å²) >= 11 is 6.92. The largest absolute Gasteiger partial charge is 0.497 e. The molecule has 6 nitrogen and oxygen atoms in total. The van der Waals surface area contributed by atoms with Crippen LogP contribution in [-0.2, 0) is 4.79 Å². The molecule has 8 heteroatoms. The minimum Gasteiger partial charge on any atom is -0.497 e. The first-order valence-electron chi connectivity index (χ1n) is 8.38. The molecule has 28 heavy (non-hydrogen) atoms. The topological polar surface area (TPSA) is 65.1 Å². The molecule has 0 aromatic heterocycles. The third-order valence-electron chi connectivity index (χ3n) is 4.01. The number of imide groups is 1. The highest BCUT2D eigenvalue weighted by Crippen LogP contribution is 2.35. The number of methoxy groups -OCH3 is 2. The third kappa shape index (κ3) is 4.43. The molecule has 0 saturated carbocycles. The number of hydrogen-bond acceptors (Lipinski definition) is 6. The molecule has 0 spiro atoms. The van der Waals surface area contributed by atoms with Crippen LogP contribution in [0.4, 0.5) is 4.79 Å². The summed E-state index contributed by atoms with van der Waals surface area (Å²) in [6.07, 6.45) is 1.63. The number of nitrogens with zero attached hydrogens (tertiary/aromatic N) is 1. The van der Waals surface area contributed by atoms with E-state index in [9.17, 15) is 9.59 Å². The highest BCUT2D eigenvalue weighted by atomic mass is 35.5. The fraction of sp³-hybridized carbons (Fsp3) is 0.200. The molecule has 1 aliphatic heterocycles. The van der Waals surface area contributed by atoms with Gasteiger partial charge in [0.2, 0.25) is 0 Å². The van der Waals surface area contributed by atoms with Crippen LogP contribution in [-0.4, -0.2) is 43.4 Å². The van der Waals surface area contributed by atoms with Gasteiger partial charge in [0.1, 0.15) is 23.9 Å². The van der Waals surface area contributed by atoms with Gasteiger partial charge < -0.3 is 14.2 Å². The minimum atomic E-state index is -0.373. The van der Waals surface area contributed by atoms with Gasteiger partial charge in [-0.15, -0.1) is 0 Å². The lowest BCUT2D eigenvalue weighted by atomic mass is 10.1. The van der Waals surface area contributed by atoms with E-state index in [1.807, 2.05) is 0 Å². The zero-order valence-corrected chi connectivity index (χ0v) is 16.9. The Hall–Kier alpha value is -2.64. The van der Waals surface area contributed by atoms with Gasteiger partial charge in [-0.1, -0.05) is 23.7 Å². The Balaban J connectivity index is 1.71. The first-order chi connectivity index (χ1) is 13.5. The van der Waals surface area contributed by atoms with Crippen LogP contribution in [0.2, 0.25) is 5.02 Å². The Morgan fingerprint density at radius 1 is 1.07 bits per heavy atom. The smallest absolute Gasteiger partial charge is 0.293 e. The van der Waals surface area contributed by atoms with Crippen molar-refractivity contribution in [1.29, 1.82) is 0 Å². The maximum absolute atomic E-state index is 12.6. The lowest BCUT2D eigenvalue weighted by molar-refractivity contribution is -0.123. The van der Waals surface area contributed by atoms with Crippen molar-refractivity contribution in [1.82, 2.24) is 4.90 Å². The highest BCUT2D eigenvalue weighted by molar-refractivity contribution is 8.18. The standard InChI is InChI=1S/C20H18ClNO5S/c1-25-14-7-8-16(26-2)13(11-14)12-18-19(23)22(20(24)28-18)9-10-27-17-6-4-3-5-15(17)21/h3-8,11-12H,9-10H2,1-2H3/b18-12-. The number of carbonyl (C=O) groups excluding carboxylic acids is 2. The van der Waals surface area contributed by atoms with Gasteiger partial charge in [0, 0.05) is 5.56 Å². The fourth-order valence-corrected chi connectivity index (χ4v) is 3.64. The number of halogens is 1. The molecular formula is C20H18ClNO5S. The molecule has 0 radical (unpaired) electrons. The molecule has 0 bridgehead atoms. The summed E-state index contributed by atoms with van der Waals surface area (Å²) in [5, 5.41) is 0.127. The van der Waals surface area contributed by atoms with Gasteiger partial charge in [0.25, 0.3) is 11.1 Å². The molecule has 0 atom stereocenters. The minimum absolute atomic E-state index is 0.127. The predicted octanol–water partition coefficient (Wildman–Crippen LogP) is 4.47. The monoisotopic (exact) mass is 419 g/mol. The summed E-state index contributed by atoms with van der Waals surface area (Å²) in [6.45, 7) is 0.278. The third-order valence-corrected chi connectivity index (χ3v) is 5.23. The Bertz CT molecular complexity index is 931. The molecule has 1 saturated heterocycles. The number of benzene rings is 2. The zero-order chi connectivity index (χ0) is 20.1. The van der Waals surface area contributed by atoms with Gasteiger partial charge in [0.15, 0.2) is 0 Å². The van der Waals surface area contributed by atoms with Crippen LogP contribution in [0.25, 0.3) is 6.08 Å². The van der Waals surface area contributed by atoms with Gasteiger partial charge in [-0.3, -0.25) is 14.5 Å². The number of rotatable bonds is 7. The normalized spacial score (nSPS) is 15.2. The van der Waals surface area contributed by atoms with E-state index in [0.717, 1.165) is 16.7 Å². The fourth-order valence-electron chi connectivity index (χ4n) is 2.59. The molecule has 3 rings (SSSR count). The van der Waals surface area contributed by atoms with Gasteiger partial charge >= 0.3 is 0 Å². The first-order valence-corrected chi connectivity index (χ1v) is 9.57. The molecule has 2 aromatic carbocycles. The Morgan fingerprint density at radius 3 is 2.57 bits per heavy atom. The molecule has 1 fully saturated rings. The van der Waals surface area contributed by atoms with Crippen molar-refractivity contribution in [2.45, 2.75) is 0 Å². The Kier molecular flexibility index (Phi) is 6.49. The zero-order valence-electron chi connectivity index (χ0n) is 15.3. The number of hydrogen-bond donors (Lipinski definition) is 0. The number of thioether (sulfide) groups is 1. The highest BCUT2D eigenvalue weighted by Gasteiger charge is 2.35. The maximum Gasteiger partial charge on any atom is 0.293 e. The number of amides is 2. The van der Waals surface area contributed by atoms with Crippen LogP contribution in [0.15, 0.2) is 47.4 Å².